The second kappa shape index (κ2) is 10.4. The Morgan fingerprint density at radius 2 is 2.19 bits per heavy atom. The van der Waals surface area contributed by atoms with Gasteiger partial charge in [0, 0.05) is 13.1 Å². The molecule has 1 rings (SSSR count). The molecule has 0 saturated carbocycles. The number of hydrogen-bond donors (Lipinski definition) is 1. The molecular formula is C16H28N2O3. The Labute approximate surface area is 127 Å². The van der Waals surface area contributed by atoms with Crippen LogP contribution in [0.2, 0.25) is 0 Å². The van der Waals surface area contributed by atoms with Crippen molar-refractivity contribution >= 4 is 11.9 Å². The van der Waals surface area contributed by atoms with Crippen molar-refractivity contribution < 1.29 is 14.3 Å². The number of hydrogen-bond acceptors (Lipinski definition) is 4. The molecule has 5 nitrogen and oxygen atoms in total. The number of nitrogens with zero attached hydrogens (tertiary/aromatic N) is 1. The molecule has 0 saturated heterocycles. The van der Waals surface area contributed by atoms with Gasteiger partial charge in [-0.2, -0.15) is 0 Å². The van der Waals surface area contributed by atoms with Gasteiger partial charge in [0.25, 0.3) is 0 Å². The van der Waals surface area contributed by atoms with E-state index in [0.717, 1.165) is 13.0 Å². The van der Waals surface area contributed by atoms with Gasteiger partial charge in [0.2, 0.25) is 5.91 Å². The summed E-state index contributed by atoms with van der Waals surface area (Å²) in [6, 6.07) is 0. The average molecular weight is 296 g/mol. The average Bonchev–Trinajstić information content (AvgIpc) is 2.52. The van der Waals surface area contributed by atoms with Crippen LogP contribution in [-0.2, 0) is 14.3 Å². The van der Waals surface area contributed by atoms with Crippen molar-refractivity contribution in [2.75, 3.05) is 33.3 Å². The van der Waals surface area contributed by atoms with Crippen molar-refractivity contribution in [3.8, 4) is 0 Å². The van der Waals surface area contributed by atoms with E-state index >= 15 is 0 Å². The summed E-state index contributed by atoms with van der Waals surface area (Å²) in [5.74, 6) is -0.212. The Morgan fingerprint density at radius 1 is 1.38 bits per heavy atom. The van der Waals surface area contributed by atoms with E-state index in [1.165, 1.54) is 38.4 Å². The van der Waals surface area contributed by atoms with E-state index < -0.39 is 0 Å². The third-order valence-corrected chi connectivity index (χ3v) is 3.83. The smallest absolute Gasteiger partial charge is 0.306 e. The Morgan fingerprint density at radius 3 is 2.81 bits per heavy atom. The standard InChI is InChI=1S/C16H28N2O3/c1-3-18(12-10-16(20)21-2)13-15(19)17-11-9-14-7-5-4-6-8-14/h7H,3-6,8-13H2,1-2H3,(H,17,19). The molecule has 1 N–H and O–H groups in total. The molecule has 1 aliphatic carbocycles. The topological polar surface area (TPSA) is 58.6 Å². The van der Waals surface area contributed by atoms with Crippen LogP contribution < -0.4 is 5.32 Å². The first-order valence-corrected chi connectivity index (χ1v) is 7.89. The summed E-state index contributed by atoms with van der Waals surface area (Å²) in [4.78, 5) is 24.9. The van der Waals surface area contributed by atoms with Crippen molar-refractivity contribution in [2.45, 2.75) is 45.4 Å². The fourth-order valence-electron chi connectivity index (χ4n) is 2.45. The minimum absolute atomic E-state index is 0.0260. The number of ether oxygens (including phenoxy) is 1. The van der Waals surface area contributed by atoms with Crippen LogP contribution in [0.1, 0.15) is 45.4 Å². The number of carbonyl (C=O) groups is 2. The van der Waals surface area contributed by atoms with E-state index in [2.05, 4.69) is 16.1 Å². The lowest BCUT2D eigenvalue weighted by Crippen LogP contribution is -2.38. The monoisotopic (exact) mass is 296 g/mol. The number of methoxy groups -OCH3 is 1. The first-order chi connectivity index (χ1) is 10.2. The molecule has 1 amide bonds. The lowest BCUT2D eigenvalue weighted by atomic mass is 9.97. The zero-order chi connectivity index (χ0) is 15.5. The maximum Gasteiger partial charge on any atom is 0.306 e. The minimum Gasteiger partial charge on any atom is -0.469 e. The first-order valence-electron chi connectivity index (χ1n) is 7.89. The van der Waals surface area contributed by atoms with E-state index in [0.29, 0.717) is 26.1 Å². The third-order valence-electron chi connectivity index (χ3n) is 3.83. The van der Waals surface area contributed by atoms with Gasteiger partial charge in [0.1, 0.15) is 0 Å². The summed E-state index contributed by atoms with van der Waals surface area (Å²) in [6.07, 6.45) is 8.52. The fraction of sp³-hybridized carbons (Fsp3) is 0.750. The molecule has 0 spiro atoms. The molecule has 0 aromatic rings. The van der Waals surface area contributed by atoms with Gasteiger partial charge in [0.05, 0.1) is 20.1 Å². The van der Waals surface area contributed by atoms with Gasteiger partial charge in [-0.15, -0.1) is 0 Å². The maximum absolute atomic E-state index is 11.9. The van der Waals surface area contributed by atoms with Crippen molar-refractivity contribution in [3.05, 3.63) is 11.6 Å². The van der Waals surface area contributed by atoms with Crippen LogP contribution in [0.15, 0.2) is 11.6 Å². The van der Waals surface area contributed by atoms with Crippen LogP contribution in [0.25, 0.3) is 0 Å². The molecule has 0 bridgehead atoms. The number of allylic oxidation sites excluding steroid dienone is 1. The Bertz CT molecular complexity index is 367. The number of carbonyl (C=O) groups excluding carboxylic acids is 2. The molecule has 120 valence electrons. The molecule has 21 heavy (non-hydrogen) atoms. The summed E-state index contributed by atoms with van der Waals surface area (Å²) >= 11 is 0. The molecule has 0 heterocycles. The molecule has 0 fully saturated rings. The Kier molecular flexibility index (Phi) is 8.74. The summed E-state index contributed by atoms with van der Waals surface area (Å²) in [5.41, 5.74) is 1.47. The van der Waals surface area contributed by atoms with Crippen LogP contribution in [0, 0.1) is 0 Å². The highest BCUT2D eigenvalue weighted by Gasteiger charge is 2.11. The third kappa shape index (κ3) is 7.85. The molecular weight excluding hydrogens is 268 g/mol. The highest BCUT2D eigenvalue weighted by molar-refractivity contribution is 5.78. The Hall–Kier alpha value is -1.36. The van der Waals surface area contributed by atoms with Crippen molar-refractivity contribution in [3.63, 3.8) is 0 Å². The van der Waals surface area contributed by atoms with Crippen LogP contribution in [0.4, 0.5) is 0 Å². The zero-order valence-corrected chi connectivity index (χ0v) is 13.3. The predicted octanol–water partition coefficient (Wildman–Crippen LogP) is 1.88. The minimum atomic E-state index is -0.238. The van der Waals surface area contributed by atoms with Gasteiger partial charge in [0.15, 0.2) is 0 Å². The fourth-order valence-corrected chi connectivity index (χ4v) is 2.45. The van der Waals surface area contributed by atoms with Gasteiger partial charge >= 0.3 is 5.97 Å². The lowest BCUT2D eigenvalue weighted by molar-refractivity contribution is -0.141. The van der Waals surface area contributed by atoms with Crippen molar-refractivity contribution in [1.82, 2.24) is 10.2 Å². The van der Waals surface area contributed by atoms with E-state index in [9.17, 15) is 9.59 Å². The van der Waals surface area contributed by atoms with Gasteiger partial charge < -0.3 is 10.1 Å². The SMILES string of the molecule is CCN(CCC(=O)OC)CC(=O)NCCC1=CCCCC1. The maximum atomic E-state index is 11.9. The van der Waals surface area contributed by atoms with E-state index in [4.69, 9.17) is 0 Å². The first kappa shape index (κ1) is 17.7. The lowest BCUT2D eigenvalue weighted by Gasteiger charge is -2.19. The summed E-state index contributed by atoms with van der Waals surface area (Å²) in [7, 11) is 1.38. The van der Waals surface area contributed by atoms with E-state index in [1.807, 2.05) is 11.8 Å². The zero-order valence-electron chi connectivity index (χ0n) is 13.3. The highest BCUT2D eigenvalue weighted by atomic mass is 16.5. The molecule has 0 aromatic carbocycles. The van der Waals surface area contributed by atoms with Crippen LogP contribution >= 0.6 is 0 Å². The number of rotatable bonds is 9. The molecule has 5 heteroatoms. The summed E-state index contributed by atoms with van der Waals surface area (Å²) in [6.45, 7) is 4.33. The second-order valence-electron chi connectivity index (χ2n) is 5.40. The van der Waals surface area contributed by atoms with Gasteiger partial charge in [-0.05, 0) is 38.6 Å². The molecule has 0 aliphatic heterocycles. The van der Waals surface area contributed by atoms with Crippen LogP contribution in [0.3, 0.4) is 0 Å². The predicted molar refractivity (Wildman–Crippen MR) is 82.9 cm³/mol. The quantitative estimate of drug-likeness (QED) is 0.521. The van der Waals surface area contributed by atoms with E-state index in [1.54, 1.807) is 0 Å². The van der Waals surface area contributed by atoms with Crippen molar-refractivity contribution in [1.29, 1.82) is 0 Å². The van der Waals surface area contributed by atoms with Crippen molar-refractivity contribution in [2.24, 2.45) is 0 Å². The molecule has 0 unspecified atom stereocenters. The number of likely N-dealkylation sites (N-methyl/N-ethyl adjacent to an activating group) is 1. The molecule has 0 atom stereocenters. The van der Waals surface area contributed by atoms with E-state index in [-0.39, 0.29) is 11.9 Å². The molecule has 1 aliphatic rings. The van der Waals surface area contributed by atoms with Crippen LogP contribution in [0.5, 0.6) is 0 Å². The normalized spacial score (nSPS) is 14.7. The van der Waals surface area contributed by atoms with Gasteiger partial charge in [-0.1, -0.05) is 18.6 Å². The second-order valence-corrected chi connectivity index (χ2v) is 5.40. The number of nitrogens with one attached hydrogen (secondary N) is 1. The largest absolute Gasteiger partial charge is 0.469 e. The summed E-state index contributed by atoms with van der Waals surface area (Å²) in [5, 5.41) is 2.96. The molecule has 0 radical (unpaired) electrons. The highest BCUT2D eigenvalue weighted by Crippen LogP contribution is 2.19. The summed E-state index contributed by atoms with van der Waals surface area (Å²) < 4.78 is 4.61. The van der Waals surface area contributed by atoms with Gasteiger partial charge in [-0.3, -0.25) is 14.5 Å². The number of esters is 1. The Balaban J connectivity index is 2.18. The molecule has 0 aromatic heterocycles. The van der Waals surface area contributed by atoms with Gasteiger partial charge in [-0.25, -0.2) is 0 Å². The number of amides is 1. The van der Waals surface area contributed by atoms with Crippen LogP contribution in [-0.4, -0.2) is 50.1 Å².